The number of hydrogen-bond acceptors (Lipinski definition) is 4. The summed E-state index contributed by atoms with van der Waals surface area (Å²) in [5.41, 5.74) is 3.27. The number of nitrogens with zero attached hydrogens (tertiary/aromatic N) is 3. The minimum Gasteiger partial charge on any atom is -0.351 e. The molecule has 23 heavy (non-hydrogen) atoms. The molecule has 2 aromatic rings. The zero-order chi connectivity index (χ0) is 15.9. The second-order valence-corrected chi connectivity index (χ2v) is 6.05. The Morgan fingerprint density at radius 2 is 1.87 bits per heavy atom. The van der Waals surface area contributed by atoms with Gasteiger partial charge >= 0.3 is 0 Å². The van der Waals surface area contributed by atoms with Gasteiger partial charge in [-0.1, -0.05) is 44.4 Å². The number of aryl methyl sites for hydroxylation is 1. The molecule has 0 amide bonds. The van der Waals surface area contributed by atoms with Gasteiger partial charge in [0.25, 0.3) is 0 Å². The van der Waals surface area contributed by atoms with Crippen LogP contribution in [0.2, 0.25) is 0 Å². The van der Waals surface area contributed by atoms with Crippen molar-refractivity contribution in [2.45, 2.75) is 51.5 Å². The van der Waals surface area contributed by atoms with Crippen LogP contribution in [0.1, 0.15) is 55.8 Å². The fourth-order valence-corrected chi connectivity index (χ4v) is 3.01. The first-order chi connectivity index (χ1) is 11.3. The van der Waals surface area contributed by atoms with Gasteiger partial charge in [0.15, 0.2) is 0 Å². The molecule has 0 atom stereocenters. The van der Waals surface area contributed by atoms with Crippen molar-refractivity contribution in [1.29, 1.82) is 0 Å². The van der Waals surface area contributed by atoms with Crippen LogP contribution in [0, 0.1) is 0 Å². The Morgan fingerprint density at radius 1 is 1.09 bits per heavy atom. The quantitative estimate of drug-likeness (QED) is 0.892. The topological polar surface area (TPSA) is 50.7 Å². The van der Waals surface area contributed by atoms with Gasteiger partial charge in [0.1, 0.15) is 0 Å². The molecule has 2 heterocycles. The van der Waals surface area contributed by atoms with E-state index in [1.807, 2.05) is 30.7 Å². The fraction of sp³-hybridized carbons (Fsp3) is 0.421. The zero-order valence-electron chi connectivity index (χ0n) is 13.7. The van der Waals surface area contributed by atoms with E-state index in [0.717, 1.165) is 29.2 Å². The van der Waals surface area contributed by atoms with Crippen molar-refractivity contribution in [3.05, 3.63) is 47.5 Å². The van der Waals surface area contributed by atoms with Crippen molar-refractivity contribution in [2.75, 3.05) is 5.32 Å². The van der Waals surface area contributed by atoms with Crippen LogP contribution in [0.3, 0.4) is 0 Å². The summed E-state index contributed by atoms with van der Waals surface area (Å²) < 4.78 is 0. The Hall–Kier alpha value is -2.23. The van der Waals surface area contributed by atoms with Crippen molar-refractivity contribution < 1.29 is 0 Å². The van der Waals surface area contributed by atoms with Gasteiger partial charge in [0.05, 0.1) is 0 Å². The van der Waals surface area contributed by atoms with Gasteiger partial charge in [-0.05, 0) is 30.9 Å². The molecule has 4 nitrogen and oxygen atoms in total. The van der Waals surface area contributed by atoms with Crippen LogP contribution < -0.4 is 5.32 Å². The van der Waals surface area contributed by atoms with Crippen LogP contribution in [0.15, 0.2) is 30.7 Å². The highest BCUT2D eigenvalue weighted by Gasteiger charge is 2.13. The minimum absolute atomic E-state index is 0.535. The second kappa shape index (κ2) is 7.86. The maximum atomic E-state index is 4.44. The molecule has 0 spiro atoms. The summed E-state index contributed by atoms with van der Waals surface area (Å²) in [6.07, 6.45) is 17.1. The summed E-state index contributed by atoms with van der Waals surface area (Å²) in [5.74, 6) is 0.740. The molecule has 0 aromatic carbocycles. The van der Waals surface area contributed by atoms with E-state index in [4.69, 9.17) is 0 Å². The van der Waals surface area contributed by atoms with Crippen molar-refractivity contribution in [3.8, 4) is 0 Å². The predicted octanol–water partition coefficient (Wildman–Crippen LogP) is 4.35. The Kier molecular flexibility index (Phi) is 5.35. The normalized spacial score (nSPS) is 15.9. The molecule has 1 N–H and O–H groups in total. The lowest BCUT2D eigenvalue weighted by Gasteiger charge is -2.22. The summed E-state index contributed by atoms with van der Waals surface area (Å²) in [6, 6.07) is 4.59. The predicted molar refractivity (Wildman–Crippen MR) is 95.1 cm³/mol. The number of pyridine rings is 1. The Bertz CT molecular complexity index is 643. The van der Waals surface area contributed by atoms with E-state index in [9.17, 15) is 0 Å². The highest BCUT2D eigenvalue weighted by Crippen LogP contribution is 2.20. The molecule has 4 heteroatoms. The largest absolute Gasteiger partial charge is 0.351 e. The third-order valence-electron chi connectivity index (χ3n) is 4.33. The maximum Gasteiger partial charge on any atom is 0.222 e. The smallest absolute Gasteiger partial charge is 0.222 e. The van der Waals surface area contributed by atoms with Crippen LogP contribution in [0.25, 0.3) is 12.2 Å². The number of hydrogen-bond donors (Lipinski definition) is 1. The molecule has 2 aromatic heterocycles. The zero-order valence-corrected chi connectivity index (χ0v) is 13.7. The number of aromatic nitrogens is 3. The van der Waals surface area contributed by atoms with Crippen LogP contribution in [0.4, 0.5) is 5.95 Å². The molecule has 0 bridgehead atoms. The highest BCUT2D eigenvalue weighted by molar-refractivity contribution is 5.70. The van der Waals surface area contributed by atoms with Crippen molar-refractivity contribution in [1.82, 2.24) is 15.0 Å². The number of rotatable bonds is 5. The van der Waals surface area contributed by atoms with Gasteiger partial charge < -0.3 is 5.32 Å². The number of anilines is 1. The lowest BCUT2D eigenvalue weighted by atomic mass is 9.96. The fourth-order valence-electron chi connectivity index (χ4n) is 3.01. The first-order valence-corrected chi connectivity index (χ1v) is 8.55. The molecule has 1 fully saturated rings. The summed E-state index contributed by atoms with van der Waals surface area (Å²) in [6.45, 7) is 2.12. The standard InChI is InChI=1S/C19H24N4/c1-2-18-16(7-6-12-20-18)11-10-15-13-21-19(22-14-15)23-17-8-4-3-5-9-17/h6-7,10-14,17H,2-5,8-9H2,1H3,(H,21,22,23)/b11-10+. The summed E-state index contributed by atoms with van der Waals surface area (Å²) >= 11 is 0. The molecule has 0 unspecified atom stereocenters. The highest BCUT2D eigenvalue weighted by atomic mass is 15.1. The van der Waals surface area contributed by atoms with E-state index in [2.05, 4.69) is 39.3 Å². The molecular weight excluding hydrogens is 284 g/mol. The van der Waals surface area contributed by atoms with E-state index < -0.39 is 0 Å². The average Bonchev–Trinajstić information content (AvgIpc) is 2.62. The van der Waals surface area contributed by atoms with Gasteiger partial charge in [0.2, 0.25) is 5.95 Å². The van der Waals surface area contributed by atoms with Crippen molar-refractivity contribution in [3.63, 3.8) is 0 Å². The van der Waals surface area contributed by atoms with Crippen molar-refractivity contribution in [2.24, 2.45) is 0 Å². The summed E-state index contributed by atoms with van der Waals surface area (Å²) in [4.78, 5) is 13.3. The van der Waals surface area contributed by atoms with Crippen LogP contribution in [-0.2, 0) is 6.42 Å². The van der Waals surface area contributed by atoms with E-state index in [0.29, 0.717) is 6.04 Å². The molecular formula is C19H24N4. The first-order valence-electron chi connectivity index (χ1n) is 8.55. The SMILES string of the molecule is CCc1ncccc1/C=C/c1cnc(NC2CCCCC2)nc1. The summed E-state index contributed by atoms with van der Waals surface area (Å²) in [7, 11) is 0. The van der Waals surface area contributed by atoms with E-state index >= 15 is 0 Å². The van der Waals surface area contributed by atoms with Gasteiger partial charge in [-0.2, -0.15) is 0 Å². The molecule has 1 aliphatic rings. The monoisotopic (exact) mass is 308 g/mol. The minimum atomic E-state index is 0.535. The average molecular weight is 308 g/mol. The second-order valence-electron chi connectivity index (χ2n) is 6.05. The van der Waals surface area contributed by atoms with Gasteiger partial charge in [-0.25, -0.2) is 9.97 Å². The van der Waals surface area contributed by atoms with E-state index in [1.54, 1.807) is 0 Å². The molecule has 0 aliphatic heterocycles. The molecule has 1 saturated carbocycles. The Morgan fingerprint density at radius 3 is 2.61 bits per heavy atom. The maximum absolute atomic E-state index is 4.44. The lowest BCUT2D eigenvalue weighted by Crippen LogP contribution is -2.23. The van der Waals surface area contributed by atoms with Gasteiger partial charge in [-0.15, -0.1) is 0 Å². The molecule has 0 radical (unpaired) electrons. The molecule has 0 saturated heterocycles. The van der Waals surface area contributed by atoms with Crippen molar-refractivity contribution >= 4 is 18.1 Å². The van der Waals surface area contributed by atoms with E-state index in [-0.39, 0.29) is 0 Å². The van der Waals surface area contributed by atoms with E-state index in [1.165, 1.54) is 32.1 Å². The Labute approximate surface area is 138 Å². The van der Waals surface area contributed by atoms with Gasteiger partial charge in [0, 0.05) is 35.9 Å². The van der Waals surface area contributed by atoms with Crippen LogP contribution in [-0.4, -0.2) is 21.0 Å². The molecule has 120 valence electrons. The summed E-state index contributed by atoms with van der Waals surface area (Å²) in [5, 5.41) is 3.44. The lowest BCUT2D eigenvalue weighted by molar-refractivity contribution is 0.461. The molecule has 1 aliphatic carbocycles. The van der Waals surface area contributed by atoms with Crippen LogP contribution in [0.5, 0.6) is 0 Å². The van der Waals surface area contributed by atoms with Gasteiger partial charge in [-0.3, -0.25) is 4.98 Å². The first kappa shape index (κ1) is 15.7. The molecule has 3 rings (SSSR count). The Balaban J connectivity index is 1.63. The third kappa shape index (κ3) is 4.38. The third-order valence-corrected chi connectivity index (χ3v) is 4.33. The number of nitrogens with one attached hydrogen (secondary N) is 1. The van der Waals surface area contributed by atoms with Crippen LogP contribution >= 0.6 is 0 Å².